The molecule has 3 rings (SSSR count). The molecule has 0 saturated heterocycles. The predicted octanol–water partition coefficient (Wildman–Crippen LogP) is 2.87. The number of thiophene rings is 1. The number of sulfonamides is 1. The predicted molar refractivity (Wildman–Crippen MR) is 137 cm³/mol. The van der Waals surface area contributed by atoms with Crippen molar-refractivity contribution >= 4 is 39.0 Å². The molecule has 0 aliphatic rings. The van der Waals surface area contributed by atoms with E-state index in [0.29, 0.717) is 37.3 Å². The van der Waals surface area contributed by atoms with E-state index in [2.05, 4.69) is 0 Å². The Morgan fingerprint density at radius 3 is 2.41 bits per heavy atom. The van der Waals surface area contributed by atoms with Crippen molar-refractivity contribution in [1.82, 2.24) is 4.72 Å². The molecule has 1 aromatic heterocycles. The summed E-state index contributed by atoms with van der Waals surface area (Å²) in [5, 5.41) is 9.54. The minimum atomic E-state index is -4.61. The summed E-state index contributed by atoms with van der Waals surface area (Å²) in [4.78, 5) is 10.1. The zero-order chi connectivity index (χ0) is 27.1. The number of para-hydroxylation sites is 1. The maximum absolute atomic E-state index is 15.5. The Hall–Kier alpha value is -2.76. The minimum absolute atomic E-state index is 0.0369. The number of fused-ring (bicyclic) bond motifs is 1. The molecular formula is C22H26FN4O7PS2. The molecule has 0 bridgehead atoms. The highest BCUT2D eigenvalue weighted by atomic mass is 32.2. The van der Waals surface area contributed by atoms with Gasteiger partial charge in [-0.15, -0.1) is 11.3 Å². The summed E-state index contributed by atoms with van der Waals surface area (Å²) in [6, 6.07) is 10.9. The minimum Gasteiger partial charge on any atom is -0.490 e. The van der Waals surface area contributed by atoms with Crippen molar-refractivity contribution < 1.29 is 36.3 Å². The van der Waals surface area contributed by atoms with Crippen LogP contribution in [0.1, 0.15) is 18.4 Å². The van der Waals surface area contributed by atoms with Crippen LogP contribution in [0, 0.1) is 17.1 Å². The number of nitrogens with zero attached hydrogens (tertiary/aromatic N) is 1. The molecule has 37 heavy (non-hydrogen) atoms. The van der Waals surface area contributed by atoms with Gasteiger partial charge in [0.05, 0.1) is 18.6 Å². The average molecular weight is 573 g/mol. The Kier molecular flexibility index (Phi) is 9.86. The average Bonchev–Trinajstić information content (AvgIpc) is 3.20. The van der Waals surface area contributed by atoms with Crippen molar-refractivity contribution in [3.8, 4) is 23.3 Å². The molecule has 1 unspecified atom stereocenters. The smallest absolute Gasteiger partial charge is 0.391 e. The van der Waals surface area contributed by atoms with E-state index < -0.39 is 33.9 Å². The summed E-state index contributed by atoms with van der Waals surface area (Å²) in [6.07, 6.45) is -0.0617. The van der Waals surface area contributed by atoms with Crippen LogP contribution in [0.25, 0.3) is 10.1 Å². The van der Waals surface area contributed by atoms with Crippen LogP contribution < -0.4 is 30.2 Å². The van der Waals surface area contributed by atoms with E-state index in [1.807, 2.05) is 10.8 Å². The van der Waals surface area contributed by atoms with Crippen LogP contribution in [-0.2, 0) is 14.6 Å². The van der Waals surface area contributed by atoms with Gasteiger partial charge in [0.2, 0.25) is 0 Å². The normalized spacial score (nSPS) is 13.2. The number of ether oxygens (including phenoxy) is 2. The van der Waals surface area contributed by atoms with Gasteiger partial charge in [0.25, 0.3) is 10.0 Å². The van der Waals surface area contributed by atoms with Gasteiger partial charge in [-0.05, 0) is 38.1 Å². The van der Waals surface area contributed by atoms with Crippen molar-refractivity contribution in [2.45, 2.75) is 17.1 Å². The zero-order valence-corrected chi connectivity index (χ0v) is 22.1. The van der Waals surface area contributed by atoms with E-state index in [1.165, 1.54) is 18.2 Å². The van der Waals surface area contributed by atoms with Crippen LogP contribution in [-0.4, -0.2) is 45.9 Å². The second-order valence-electron chi connectivity index (χ2n) is 7.60. The van der Waals surface area contributed by atoms with Gasteiger partial charge in [-0.1, -0.05) is 18.2 Å². The first-order valence-corrected chi connectivity index (χ1v) is 15.1. The van der Waals surface area contributed by atoms with Crippen LogP contribution in [0.4, 0.5) is 4.39 Å². The quantitative estimate of drug-likeness (QED) is 0.165. The van der Waals surface area contributed by atoms with Crippen molar-refractivity contribution in [2.24, 2.45) is 11.5 Å². The molecule has 1 heterocycles. The molecule has 15 heteroatoms. The van der Waals surface area contributed by atoms with Crippen molar-refractivity contribution in [1.29, 1.82) is 5.26 Å². The molecular weight excluding hydrogens is 546 g/mol. The lowest BCUT2D eigenvalue weighted by atomic mass is 10.1. The molecule has 2 aromatic carbocycles. The largest absolute Gasteiger partial charge is 0.490 e. The fourth-order valence-electron chi connectivity index (χ4n) is 3.13. The summed E-state index contributed by atoms with van der Waals surface area (Å²) in [5.74, 6) is -1.05. The first-order valence-electron chi connectivity index (χ1n) is 11.0. The highest BCUT2D eigenvalue weighted by Crippen LogP contribution is 2.45. The van der Waals surface area contributed by atoms with Gasteiger partial charge in [-0.3, -0.25) is 0 Å². The Morgan fingerprint density at radius 1 is 1.14 bits per heavy atom. The van der Waals surface area contributed by atoms with E-state index in [4.69, 9.17) is 25.5 Å². The lowest BCUT2D eigenvalue weighted by molar-refractivity contribution is 0.265. The number of halogens is 1. The maximum Gasteiger partial charge on any atom is 0.391 e. The third-order valence-electron chi connectivity index (χ3n) is 4.81. The number of nitriles is 1. The summed E-state index contributed by atoms with van der Waals surface area (Å²) >= 11 is 0.536. The number of benzene rings is 2. The highest BCUT2D eigenvalue weighted by molar-refractivity contribution is 7.92. The molecule has 1 atom stereocenters. The van der Waals surface area contributed by atoms with Gasteiger partial charge >= 0.3 is 7.60 Å². The fraction of sp³-hybridized carbons (Fsp3) is 0.318. The number of rotatable bonds is 14. The Morgan fingerprint density at radius 2 is 1.78 bits per heavy atom. The van der Waals surface area contributed by atoms with Gasteiger partial charge in [0.1, 0.15) is 23.7 Å². The van der Waals surface area contributed by atoms with Crippen LogP contribution >= 0.6 is 18.9 Å². The molecule has 0 aliphatic carbocycles. The zero-order valence-electron chi connectivity index (χ0n) is 19.6. The summed E-state index contributed by atoms with van der Waals surface area (Å²) in [7, 11) is -9.08. The van der Waals surface area contributed by atoms with Crippen LogP contribution in [0.15, 0.2) is 40.6 Å². The highest BCUT2D eigenvalue weighted by Gasteiger charge is 2.32. The molecule has 0 radical (unpaired) electrons. The van der Waals surface area contributed by atoms with E-state index in [0.717, 1.165) is 0 Å². The van der Waals surface area contributed by atoms with Gasteiger partial charge in [-0.25, -0.2) is 17.4 Å². The van der Waals surface area contributed by atoms with Crippen molar-refractivity contribution in [3.63, 3.8) is 0 Å². The second kappa shape index (κ2) is 12.7. The lowest BCUT2D eigenvalue weighted by Crippen LogP contribution is -2.25. The molecule has 0 aliphatic heterocycles. The Bertz CT molecular complexity index is 1430. The standard InChI is InChI=1S/C22H26FN4O7PS2/c23-20-19-16(13-26)21(33-11-5-9-25)17(32-10-4-8-24)12-18(19)36-22(20)37(30,31)27-14-35(28,29)34-15-6-2-1-3-7-15/h1-3,6-7,12,27H,4-5,8-11,14,24-25H2,(H,28,29). The monoisotopic (exact) mass is 572 g/mol. The molecule has 200 valence electrons. The maximum atomic E-state index is 15.5. The van der Waals surface area contributed by atoms with Crippen LogP contribution in [0.5, 0.6) is 17.2 Å². The van der Waals surface area contributed by atoms with Gasteiger partial charge in [0.15, 0.2) is 21.5 Å². The summed E-state index contributed by atoms with van der Waals surface area (Å²) in [5.41, 5.74) is 10.8. The van der Waals surface area contributed by atoms with Gasteiger partial charge in [0, 0.05) is 10.8 Å². The Labute approximate surface area is 217 Å². The second-order valence-corrected chi connectivity index (χ2v) is 12.4. The topological polar surface area (TPSA) is 187 Å². The van der Waals surface area contributed by atoms with E-state index in [9.17, 15) is 23.1 Å². The molecule has 11 nitrogen and oxygen atoms in total. The van der Waals surface area contributed by atoms with Crippen molar-refractivity contribution in [2.75, 3.05) is 32.6 Å². The van der Waals surface area contributed by atoms with Crippen LogP contribution in [0.2, 0.25) is 0 Å². The Balaban J connectivity index is 1.96. The molecule has 0 saturated carbocycles. The first-order chi connectivity index (χ1) is 17.6. The molecule has 0 fully saturated rings. The molecule has 3 aromatic rings. The number of hydrogen-bond donors (Lipinski definition) is 4. The molecule has 6 N–H and O–H groups in total. The first kappa shape index (κ1) is 28.8. The summed E-state index contributed by atoms with van der Waals surface area (Å²) in [6.45, 7) is 0.974. The molecule has 0 spiro atoms. The van der Waals surface area contributed by atoms with Crippen LogP contribution in [0.3, 0.4) is 0 Å². The number of hydrogen-bond acceptors (Lipinski definition) is 10. The summed E-state index contributed by atoms with van der Waals surface area (Å²) < 4.78 is 71.3. The SMILES string of the molecule is N#Cc1c(OCCCN)c(OCCCN)cc2sc(S(=O)(=O)NCP(=O)(O)Oc3ccccc3)c(F)c12. The van der Waals surface area contributed by atoms with E-state index >= 15 is 4.39 Å². The van der Waals surface area contributed by atoms with Crippen molar-refractivity contribution in [3.05, 3.63) is 47.8 Å². The van der Waals surface area contributed by atoms with Gasteiger partial charge in [-0.2, -0.15) is 9.98 Å². The van der Waals surface area contributed by atoms with E-state index in [-0.39, 0.29) is 46.1 Å². The fourth-order valence-corrected chi connectivity index (χ4v) is 7.18. The van der Waals surface area contributed by atoms with Gasteiger partial charge < -0.3 is 30.4 Å². The third-order valence-corrected chi connectivity index (χ3v) is 9.09. The number of nitrogens with two attached hydrogens (primary N) is 2. The number of nitrogens with one attached hydrogen (secondary N) is 1. The lowest BCUT2D eigenvalue weighted by Gasteiger charge is -2.14. The van der Waals surface area contributed by atoms with E-state index in [1.54, 1.807) is 18.2 Å². The molecule has 0 amide bonds. The third kappa shape index (κ3) is 7.18.